The van der Waals surface area contributed by atoms with Crippen molar-refractivity contribution in [3.05, 3.63) is 48.3 Å². The molecule has 28 heavy (non-hydrogen) atoms. The van der Waals surface area contributed by atoms with Gasteiger partial charge in [-0.05, 0) is 30.7 Å². The molecule has 2 aromatic rings. The van der Waals surface area contributed by atoms with Gasteiger partial charge in [-0.1, -0.05) is 6.07 Å². The monoisotopic (exact) mass is 382 g/mol. The number of nitrogens with one attached hydrogen (secondary N) is 3. The van der Waals surface area contributed by atoms with Crippen molar-refractivity contribution in [3.63, 3.8) is 0 Å². The lowest BCUT2D eigenvalue weighted by molar-refractivity contribution is 0.292. The first-order valence-corrected chi connectivity index (χ1v) is 9.30. The van der Waals surface area contributed by atoms with Crippen molar-refractivity contribution >= 4 is 23.4 Å². The number of guanidine groups is 1. The number of anilines is 2. The second-order valence-electron chi connectivity index (χ2n) is 6.22. The average molecular weight is 382 g/mol. The summed E-state index contributed by atoms with van der Waals surface area (Å²) in [6.45, 7) is 2.63. The van der Waals surface area contributed by atoms with Gasteiger partial charge in [0, 0.05) is 45.7 Å². The summed E-state index contributed by atoms with van der Waals surface area (Å²) in [6.07, 6.45) is 4.18. The zero-order chi connectivity index (χ0) is 19.6. The van der Waals surface area contributed by atoms with E-state index in [-0.39, 0.29) is 6.61 Å². The maximum absolute atomic E-state index is 8.96. The fraction of sp³-hybridized carbons (Fsp3) is 0.368. The van der Waals surface area contributed by atoms with Crippen molar-refractivity contribution < 1.29 is 5.11 Å². The van der Waals surface area contributed by atoms with Crippen molar-refractivity contribution in [3.8, 4) is 0 Å². The first kappa shape index (κ1) is 19.6. The van der Waals surface area contributed by atoms with Crippen molar-refractivity contribution in [2.75, 3.05) is 50.2 Å². The predicted octanol–water partition coefficient (Wildman–Crippen LogP) is 0.660. The number of aromatic nitrogens is 2. The molecule has 0 unspecified atom stereocenters. The first-order chi connectivity index (χ1) is 13.8. The van der Waals surface area contributed by atoms with Crippen LogP contribution >= 0.6 is 0 Å². The van der Waals surface area contributed by atoms with Crippen LogP contribution in [0, 0.1) is 0 Å². The highest BCUT2D eigenvalue weighted by molar-refractivity contribution is 6.12. The second kappa shape index (κ2) is 10.2. The number of aliphatic hydroxyl groups is 1. The third kappa shape index (κ3) is 5.40. The van der Waals surface area contributed by atoms with E-state index in [1.165, 1.54) is 0 Å². The quantitative estimate of drug-likeness (QED) is 0.472. The van der Waals surface area contributed by atoms with Gasteiger partial charge in [-0.3, -0.25) is 0 Å². The van der Waals surface area contributed by atoms with Gasteiger partial charge >= 0.3 is 0 Å². The molecule has 4 N–H and O–H groups in total. The number of nitrogens with zero attached hydrogens (tertiary/aromatic N) is 5. The summed E-state index contributed by atoms with van der Waals surface area (Å²) < 4.78 is 0. The van der Waals surface area contributed by atoms with Gasteiger partial charge in [0.2, 0.25) is 0 Å². The van der Waals surface area contributed by atoms with Crippen molar-refractivity contribution in [1.29, 1.82) is 0 Å². The van der Waals surface area contributed by atoms with E-state index in [0.29, 0.717) is 32.1 Å². The number of aliphatic imine (C=N–C) groups is 2. The summed E-state index contributed by atoms with van der Waals surface area (Å²) in [7, 11) is 2.01. The number of pyridine rings is 2. The Morgan fingerprint density at radius 2 is 1.96 bits per heavy atom. The highest BCUT2D eigenvalue weighted by Crippen LogP contribution is 2.13. The summed E-state index contributed by atoms with van der Waals surface area (Å²) in [5, 5.41) is 18.7. The van der Waals surface area contributed by atoms with Crippen LogP contribution < -0.4 is 20.9 Å². The molecule has 0 atom stereocenters. The minimum Gasteiger partial charge on any atom is -0.396 e. The highest BCUT2D eigenvalue weighted by Gasteiger charge is 2.15. The molecule has 1 aliphatic heterocycles. The Labute approximate surface area is 164 Å². The Bertz CT molecular complexity index is 809. The zero-order valence-electron chi connectivity index (χ0n) is 16.0. The summed E-state index contributed by atoms with van der Waals surface area (Å²) in [6, 6.07) is 9.69. The smallest absolute Gasteiger partial charge is 0.198 e. The molecular formula is C19H26N8O. The SMILES string of the molecule is CN(CCNC1=NCN=C(c2cccnc2NCCCO)N1)c1ccccn1. The number of hydrogen-bond acceptors (Lipinski definition) is 9. The third-order valence-electron chi connectivity index (χ3n) is 4.16. The maximum atomic E-state index is 8.96. The Morgan fingerprint density at radius 3 is 2.79 bits per heavy atom. The normalized spacial score (nSPS) is 13.2. The molecule has 0 radical (unpaired) electrons. The summed E-state index contributed by atoms with van der Waals surface area (Å²) in [5.74, 6) is 3.07. The minimum absolute atomic E-state index is 0.141. The molecule has 0 aliphatic carbocycles. The van der Waals surface area contributed by atoms with E-state index in [9.17, 15) is 0 Å². The van der Waals surface area contributed by atoms with E-state index in [4.69, 9.17) is 5.11 Å². The molecule has 0 saturated heterocycles. The lowest BCUT2D eigenvalue weighted by Crippen LogP contribution is -2.46. The van der Waals surface area contributed by atoms with Crippen LogP contribution in [0.25, 0.3) is 0 Å². The highest BCUT2D eigenvalue weighted by atomic mass is 16.3. The Hall–Kier alpha value is -3.20. The molecule has 3 heterocycles. The number of rotatable bonds is 9. The van der Waals surface area contributed by atoms with Crippen molar-refractivity contribution in [2.45, 2.75) is 6.42 Å². The molecule has 148 valence electrons. The summed E-state index contributed by atoms with van der Waals surface area (Å²) in [5.41, 5.74) is 0.875. The molecule has 0 fully saturated rings. The second-order valence-corrected chi connectivity index (χ2v) is 6.22. The Kier molecular flexibility index (Phi) is 7.14. The predicted molar refractivity (Wildman–Crippen MR) is 112 cm³/mol. The third-order valence-corrected chi connectivity index (χ3v) is 4.16. The van der Waals surface area contributed by atoms with E-state index >= 15 is 0 Å². The molecule has 1 aliphatic rings. The lowest BCUT2D eigenvalue weighted by Gasteiger charge is -2.21. The zero-order valence-corrected chi connectivity index (χ0v) is 16.0. The van der Waals surface area contributed by atoms with E-state index < -0.39 is 0 Å². The van der Waals surface area contributed by atoms with Gasteiger partial charge in [0.1, 0.15) is 24.1 Å². The molecular weight excluding hydrogens is 356 g/mol. The minimum atomic E-state index is 0.141. The number of likely N-dealkylation sites (N-methyl/N-ethyl adjacent to an activating group) is 1. The summed E-state index contributed by atoms with van der Waals surface area (Å²) in [4.78, 5) is 19.6. The number of amidine groups is 1. The van der Waals surface area contributed by atoms with Crippen LogP contribution in [0.3, 0.4) is 0 Å². The fourth-order valence-electron chi connectivity index (χ4n) is 2.68. The number of hydrogen-bond donors (Lipinski definition) is 4. The van der Waals surface area contributed by atoms with Crippen LogP contribution in [0.15, 0.2) is 52.7 Å². The Morgan fingerprint density at radius 1 is 1.07 bits per heavy atom. The van der Waals surface area contributed by atoms with Gasteiger partial charge in [0.05, 0.1) is 5.56 Å². The van der Waals surface area contributed by atoms with Crippen LogP contribution in [0.1, 0.15) is 12.0 Å². The number of aliphatic hydroxyl groups excluding tert-OH is 1. The molecule has 3 rings (SSSR count). The van der Waals surface area contributed by atoms with E-state index in [1.807, 2.05) is 37.4 Å². The van der Waals surface area contributed by atoms with Crippen LogP contribution in [-0.2, 0) is 0 Å². The largest absolute Gasteiger partial charge is 0.396 e. The molecule has 0 saturated carbocycles. The van der Waals surface area contributed by atoms with Gasteiger partial charge < -0.3 is 26.0 Å². The molecule has 0 spiro atoms. The van der Waals surface area contributed by atoms with Gasteiger partial charge in [-0.15, -0.1) is 0 Å². The maximum Gasteiger partial charge on any atom is 0.198 e. The van der Waals surface area contributed by atoms with E-state index in [1.54, 1.807) is 12.4 Å². The summed E-state index contributed by atoms with van der Waals surface area (Å²) >= 11 is 0. The van der Waals surface area contributed by atoms with Gasteiger partial charge in [-0.25, -0.2) is 20.0 Å². The van der Waals surface area contributed by atoms with Gasteiger partial charge in [0.25, 0.3) is 0 Å². The molecule has 9 heteroatoms. The lowest BCUT2D eigenvalue weighted by atomic mass is 10.2. The van der Waals surface area contributed by atoms with E-state index in [0.717, 1.165) is 29.6 Å². The molecule has 0 aromatic carbocycles. The topological polar surface area (TPSA) is 110 Å². The first-order valence-electron chi connectivity index (χ1n) is 9.30. The van der Waals surface area contributed by atoms with Crippen molar-refractivity contribution in [2.24, 2.45) is 9.98 Å². The standard InChI is InChI=1S/C19H26N8O/c1-27(16-7-2-3-8-20-16)12-11-23-19-25-14-24-18(26-19)15-6-4-9-21-17(15)22-10-5-13-28/h2-4,6-9,28H,5,10-14H2,1H3,(H,21,22)(H2,23,24,25,26). The van der Waals surface area contributed by atoms with Gasteiger partial charge in [-0.2, -0.15) is 0 Å². The van der Waals surface area contributed by atoms with Gasteiger partial charge in [0.15, 0.2) is 5.96 Å². The fourth-order valence-corrected chi connectivity index (χ4v) is 2.68. The van der Waals surface area contributed by atoms with E-state index in [2.05, 4.69) is 40.8 Å². The van der Waals surface area contributed by atoms with Crippen LogP contribution in [0.4, 0.5) is 11.6 Å². The molecule has 2 aromatic heterocycles. The molecule has 0 bridgehead atoms. The van der Waals surface area contributed by atoms with Crippen LogP contribution in [0.5, 0.6) is 0 Å². The Balaban J connectivity index is 1.53. The molecule has 0 amide bonds. The van der Waals surface area contributed by atoms with Crippen LogP contribution in [-0.4, -0.2) is 66.8 Å². The molecule has 9 nitrogen and oxygen atoms in total. The van der Waals surface area contributed by atoms with Crippen molar-refractivity contribution in [1.82, 2.24) is 20.6 Å². The average Bonchev–Trinajstić information content (AvgIpc) is 2.75. The van der Waals surface area contributed by atoms with Crippen LogP contribution in [0.2, 0.25) is 0 Å².